The number of hydrogen-bond acceptors (Lipinski definition) is 4. The monoisotopic (exact) mass is 468 g/mol. The number of pyridine rings is 2. The van der Waals surface area contributed by atoms with E-state index < -0.39 is 0 Å². The van der Waals surface area contributed by atoms with Gasteiger partial charge >= 0.3 is 0 Å². The van der Waals surface area contributed by atoms with E-state index in [2.05, 4.69) is 58.5 Å². The van der Waals surface area contributed by atoms with Gasteiger partial charge < -0.3 is 10.2 Å². The normalized spacial score (nSPS) is 11.3. The van der Waals surface area contributed by atoms with Crippen molar-refractivity contribution in [3.8, 4) is 44.9 Å². The highest BCUT2D eigenvalue weighted by Crippen LogP contribution is 2.36. The molecular formula is C32H24N2O2. The molecule has 6 aromatic rings. The number of aromatic nitrogens is 2. The lowest BCUT2D eigenvalue weighted by atomic mass is 9.95. The van der Waals surface area contributed by atoms with Gasteiger partial charge in [0.25, 0.3) is 0 Å². The predicted octanol–water partition coefficient (Wildman–Crippen LogP) is 7.81. The highest BCUT2D eigenvalue weighted by atomic mass is 16.3. The van der Waals surface area contributed by atoms with Crippen molar-refractivity contribution in [2.75, 3.05) is 0 Å². The molecule has 2 aromatic heterocycles. The number of nitrogens with zero attached hydrogens (tertiary/aromatic N) is 2. The fourth-order valence-corrected chi connectivity index (χ4v) is 4.79. The first-order chi connectivity index (χ1) is 17.5. The van der Waals surface area contributed by atoms with E-state index in [9.17, 15) is 10.2 Å². The third-order valence-electron chi connectivity index (χ3n) is 6.68. The van der Waals surface area contributed by atoms with Crippen LogP contribution in [0.5, 0.6) is 11.5 Å². The van der Waals surface area contributed by atoms with Crippen LogP contribution >= 0.6 is 0 Å². The summed E-state index contributed by atoms with van der Waals surface area (Å²) in [5, 5.41) is 22.4. The van der Waals surface area contributed by atoms with E-state index >= 15 is 0 Å². The van der Waals surface area contributed by atoms with Gasteiger partial charge in [-0.3, -0.25) is 0 Å². The fourth-order valence-electron chi connectivity index (χ4n) is 4.79. The van der Waals surface area contributed by atoms with Crippen molar-refractivity contribution in [1.29, 1.82) is 0 Å². The molecule has 0 fully saturated rings. The minimum absolute atomic E-state index is 0.196. The zero-order chi connectivity index (χ0) is 24.8. The quantitative estimate of drug-likeness (QED) is 0.278. The third kappa shape index (κ3) is 3.73. The summed E-state index contributed by atoms with van der Waals surface area (Å²) in [4.78, 5) is 9.04. The Bertz CT molecular complexity index is 1620. The van der Waals surface area contributed by atoms with E-state index in [0.29, 0.717) is 11.0 Å². The first-order valence-electron chi connectivity index (χ1n) is 11.9. The van der Waals surface area contributed by atoms with Gasteiger partial charge in [-0.25, -0.2) is 9.97 Å². The van der Waals surface area contributed by atoms with Crippen molar-refractivity contribution < 1.29 is 10.2 Å². The third-order valence-corrected chi connectivity index (χ3v) is 6.68. The predicted molar refractivity (Wildman–Crippen MR) is 146 cm³/mol. The second kappa shape index (κ2) is 8.51. The summed E-state index contributed by atoms with van der Waals surface area (Å²) in [6, 6.07) is 32.2. The van der Waals surface area contributed by atoms with Crippen LogP contribution in [0.4, 0.5) is 0 Å². The maximum Gasteiger partial charge on any atom is 0.141 e. The molecule has 6 rings (SSSR count). The first kappa shape index (κ1) is 21.8. The number of fused-ring (bicyclic) bond motifs is 2. The Morgan fingerprint density at radius 3 is 1.17 bits per heavy atom. The number of hydrogen-bond donors (Lipinski definition) is 2. The van der Waals surface area contributed by atoms with Crippen LogP contribution < -0.4 is 0 Å². The molecule has 0 bridgehead atoms. The summed E-state index contributed by atoms with van der Waals surface area (Å²) >= 11 is 0. The fraction of sp³-hybridized carbons (Fsp3) is 0.0625. The van der Waals surface area contributed by atoms with Crippen molar-refractivity contribution in [3.05, 3.63) is 108 Å². The Kier molecular flexibility index (Phi) is 5.15. The maximum atomic E-state index is 10.3. The van der Waals surface area contributed by atoms with Gasteiger partial charge in [-0.2, -0.15) is 0 Å². The molecule has 0 aliphatic carbocycles. The van der Waals surface area contributed by atoms with Gasteiger partial charge in [0.15, 0.2) is 0 Å². The molecule has 0 saturated carbocycles. The van der Waals surface area contributed by atoms with E-state index in [-0.39, 0.29) is 11.5 Å². The summed E-state index contributed by atoms with van der Waals surface area (Å²) < 4.78 is 0. The molecule has 0 atom stereocenters. The Morgan fingerprint density at radius 2 is 0.778 bits per heavy atom. The van der Waals surface area contributed by atoms with Gasteiger partial charge in [-0.15, -0.1) is 0 Å². The van der Waals surface area contributed by atoms with E-state index in [1.54, 1.807) is 12.1 Å². The van der Waals surface area contributed by atoms with Crippen molar-refractivity contribution in [3.63, 3.8) is 0 Å². The molecule has 0 spiro atoms. The van der Waals surface area contributed by atoms with Crippen LogP contribution in [0.1, 0.15) is 11.4 Å². The molecule has 2 N–H and O–H groups in total. The van der Waals surface area contributed by atoms with E-state index in [0.717, 1.165) is 55.5 Å². The van der Waals surface area contributed by atoms with Gasteiger partial charge in [-0.05, 0) is 83.6 Å². The Hall–Kier alpha value is -4.70. The largest absolute Gasteiger partial charge is 0.506 e. The summed E-state index contributed by atoms with van der Waals surface area (Å²) in [5.74, 6) is 0.392. The Labute approximate surface area is 209 Å². The van der Waals surface area contributed by atoms with Crippen LogP contribution in [0.25, 0.3) is 55.2 Å². The summed E-state index contributed by atoms with van der Waals surface area (Å²) in [6.07, 6.45) is 0. The standard InChI is InChI=1S/C32H24N2O2/c1-19-3-13-27-25(15-17-29(35)31(27)33-19)23-9-5-21(6-10-23)22-7-11-24(12-8-22)26-16-18-30(36)32-28(26)14-4-20(2)34-32/h3-18,35-36H,1-2H3. The Morgan fingerprint density at radius 1 is 0.417 bits per heavy atom. The molecule has 0 amide bonds. The van der Waals surface area contributed by atoms with Crippen molar-refractivity contribution >= 4 is 21.8 Å². The van der Waals surface area contributed by atoms with Gasteiger partial charge in [0.2, 0.25) is 0 Å². The zero-order valence-electron chi connectivity index (χ0n) is 20.0. The van der Waals surface area contributed by atoms with Gasteiger partial charge in [0.1, 0.15) is 22.5 Å². The van der Waals surface area contributed by atoms with Gasteiger partial charge in [0.05, 0.1) is 0 Å². The molecule has 0 saturated heterocycles. The van der Waals surface area contributed by atoms with Gasteiger partial charge in [-0.1, -0.05) is 60.7 Å². The molecule has 4 heteroatoms. The van der Waals surface area contributed by atoms with Crippen LogP contribution in [0.3, 0.4) is 0 Å². The van der Waals surface area contributed by atoms with E-state index in [1.165, 1.54) is 0 Å². The van der Waals surface area contributed by atoms with Crippen molar-refractivity contribution in [2.45, 2.75) is 13.8 Å². The SMILES string of the molecule is Cc1ccc2c(-c3ccc(-c4ccc(-c5ccc(O)c6nc(C)ccc56)cc4)cc3)ccc(O)c2n1. The number of aryl methyl sites for hydroxylation is 2. The molecule has 0 aliphatic rings. The van der Waals surface area contributed by atoms with Crippen LogP contribution in [0.2, 0.25) is 0 Å². The van der Waals surface area contributed by atoms with Crippen molar-refractivity contribution in [1.82, 2.24) is 9.97 Å². The van der Waals surface area contributed by atoms with E-state index in [1.807, 2.05) is 50.2 Å². The van der Waals surface area contributed by atoms with Crippen molar-refractivity contribution in [2.24, 2.45) is 0 Å². The second-order valence-electron chi connectivity index (χ2n) is 9.12. The lowest BCUT2D eigenvalue weighted by Crippen LogP contribution is -1.88. The lowest BCUT2D eigenvalue weighted by Gasteiger charge is -2.11. The highest BCUT2D eigenvalue weighted by Gasteiger charge is 2.11. The molecule has 4 nitrogen and oxygen atoms in total. The zero-order valence-corrected chi connectivity index (χ0v) is 20.0. The summed E-state index contributed by atoms with van der Waals surface area (Å²) in [6.45, 7) is 3.85. The minimum Gasteiger partial charge on any atom is -0.506 e. The molecule has 2 heterocycles. The first-order valence-corrected chi connectivity index (χ1v) is 11.9. The summed E-state index contributed by atoms with van der Waals surface area (Å²) in [7, 11) is 0. The molecule has 36 heavy (non-hydrogen) atoms. The molecule has 4 aromatic carbocycles. The summed E-state index contributed by atoms with van der Waals surface area (Å²) in [5.41, 5.74) is 9.47. The lowest BCUT2D eigenvalue weighted by molar-refractivity contribution is 0.480. The second-order valence-corrected chi connectivity index (χ2v) is 9.12. The number of benzene rings is 4. The van der Waals surface area contributed by atoms with Crippen LogP contribution in [-0.2, 0) is 0 Å². The molecule has 174 valence electrons. The highest BCUT2D eigenvalue weighted by molar-refractivity contribution is 5.99. The molecule has 0 radical (unpaired) electrons. The Balaban J connectivity index is 1.34. The average molecular weight is 469 g/mol. The average Bonchev–Trinajstić information content (AvgIpc) is 2.90. The molecule has 0 unspecified atom stereocenters. The van der Waals surface area contributed by atoms with Crippen LogP contribution in [0.15, 0.2) is 97.1 Å². The van der Waals surface area contributed by atoms with Crippen LogP contribution in [-0.4, -0.2) is 20.2 Å². The molecule has 0 aliphatic heterocycles. The minimum atomic E-state index is 0.196. The number of aromatic hydroxyl groups is 2. The smallest absolute Gasteiger partial charge is 0.141 e. The molecular weight excluding hydrogens is 444 g/mol. The van der Waals surface area contributed by atoms with E-state index in [4.69, 9.17) is 0 Å². The number of rotatable bonds is 3. The topological polar surface area (TPSA) is 66.2 Å². The number of phenolic OH excluding ortho intramolecular Hbond substituents is 2. The van der Waals surface area contributed by atoms with Gasteiger partial charge in [0, 0.05) is 22.2 Å². The maximum absolute atomic E-state index is 10.3. The number of phenols is 2. The van der Waals surface area contributed by atoms with Crippen LogP contribution in [0, 0.1) is 13.8 Å².